The Hall–Kier alpha value is -4.18. The molecule has 3 aromatic rings. The molecule has 2 N–H and O–H groups in total. The van der Waals surface area contributed by atoms with Crippen molar-refractivity contribution in [2.24, 2.45) is 0 Å². The van der Waals surface area contributed by atoms with E-state index in [9.17, 15) is 14.8 Å². The Morgan fingerprint density at radius 1 is 1.03 bits per heavy atom. The Morgan fingerprint density at radius 3 is 2.72 bits per heavy atom. The Morgan fingerprint density at radius 2 is 1.88 bits per heavy atom. The maximum absolute atomic E-state index is 12.6. The van der Waals surface area contributed by atoms with Gasteiger partial charge in [-0.1, -0.05) is 12.1 Å². The minimum absolute atomic E-state index is 0.0433. The second kappa shape index (κ2) is 7.82. The molecule has 1 unspecified atom stereocenters. The summed E-state index contributed by atoms with van der Waals surface area (Å²) in [4.78, 5) is 25.1. The number of benzene rings is 3. The summed E-state index contributed by atoms with van der Waals surface area (Å²) >= 11 is 0. The van der Waals surface area contributed by atoms with Crippen LogP contribution in [0, 0.1) is 5.21 Å². The molecule has 2 aliphatic heterocycles. The van der Waals surface area contributed by atoms with Crippen LogP contribution >= 0.6 is 0 Å². The molecule has 0 amide bonds. The number of Topliss-reactive ketones (excluding diaryl/α,β-unsaturated/α-hetero) is 1. The number of quaternary nitrogens is 1. The van der Waals surface area contributed by atoms with E-state index in [1.54, 1.807) is 24.3 Å². The number of ketones is 1. The van der Waals surface area contributed by atoms with E-state index in [-0.39, 0.29) is 41.1 Å². The Balaban J connectivity index is 1.35. The van der Waals surface area contributed by atoms with Crippen LogP contribution in [0.25, 0.3) is 6.08 Å². The molecule has 160 valence electrons. The van der Waals surface area contributed by atoms with Gasteiger partial charge in [-0.05, 0) is 42.0 Å². The fourth-order valence-corrected chi connectivity index (χ4v) is 3.33. The average Bonchev–Trinajstić information content (AvgIpc) is 3.37. The molecule has 0 spiro atoms. The standard InChI is InChI=1S/C23H15NO8/c25-22-17-6-5-16(31-23(26)14-4-7-18-20(10-14)30-12-29-18)11-19(17)32-21(22)9-13-2-1-3-15(8-13)24(27)28/h1-11,24,27H,12H2. The van der Waals surface area contributed by atoms with E-state index in [1.165, 1.54) is 42.5 Å². The van der Waals surface area contributed by atoms with Gasteiger partial charge in [0.15, 0.2) is 22.9 Å². The lowest BCUT2D eigenvalue weighted by molar-refractivity contribution is -0.991. The minimum atomic E-state index is -1.07. The first-order valence-electron chi connectivity index (χ1n) is 9.51. The molecule has 9 heteroatoms. The summed E-state index contributed by atoms with van der Waals surface area (Å²) in [5.41, 5.74) is 1.20. The van der Waals surface area contributed by atoms with Gasteiger partial charge in [0.05, 0.1) is 11.1 Å². The van der Waals surface area contributed by atoms with Gasteiger partial charge in [-0.15, -0.1) is 0 Å². The van der Waals surface area contributed by atoms with Crippen LogP contribution in [-0.4, -0.2) is 23.8 Å². The summed E-state index contributed by atoms with van der Waals surface area (Å²) in [5.74, 6) is 0.549. The molecule has 0 fully saturated rings. The molecule has 2 aliphatic rings. The largest absolute Gasteiger partial charge is 0.595 e. The molecule has 0 saturated carbocycles. The summed E-state index contributed by atoms with van der Waals surface area (Å²) in [6.45, 7) is 0.0977. The molecule has 5 rings (SSSR count). The van der Waals surface area contributed by atoms with Crippen LogP contribution in [0.2, 0.25) is 0 Å². The zero-order valence-electron chi connectivity index (χ0n) is 16.4. The van der Waals surface area contributed by atoms with Crippen LogP contribution in [0.5, 0.6) is 23.0 Å². The number of hydrogen-bond donors (Lipinski definition) is 2. The molecule has 0 saturated heterocycles. The third kappa shape index (κ3) is 3.67. The Bertz CT molecular complexity index is 1280. The molecule has 9 nitrogen and oxygen atoms in total. The number of nitrogens with one attached hydrogen (secondary N) is 1. The van der Waals surface area contributed by atoms with Crippen molar-refractivity contribution in [3.05, 3.63) is 88.3 Å². The van der Waals surface area contributed by atoms with Gasteiger partial charge in [0.2, 0.25) is 12.6 Å². The van der Waals surface area contributed by atoms with E-state index in [0.717, 1.165) is 0 Å². The maximum atomic E-state index is 12.6. The monoisotopic (exact) mass is 433 g/mol. The van der Waals surface area contributed by atoms with E-state index >= 15 is 0 Å². The van der Waals surface area contributed by atoms with Crippen LogP contribution < -0.4 is 24.2 Å². The molecule has 0 radical (unpaired) electrons. The molecule has 2 heterocycles. The first-order chi connectivity index (χ1) is 15.5. The first-order valence-corrected chi connectivity index (χ1v) is 9.51. The first kappa shape index (κ1) is 19.8. The van der Waals surface area contributed by atoms with E-state index in [2.05, 4.69) is 0 Å². The van der Waals surface area contributed by atoms with Crippen molar-refractivity contribution in [1.29, 1.82) is 0 Å². The van der Waals surface area contributed by atoms with Crippen molar-refractivity contribution in [1.82, 2.24) is 0 Å². The van der Waals surface area contributed by atoms with Gasteiger partial charge in [-0.3, -0.25) is 4.79 Å². The molecule has 1 atom stereocenters. The molecule has 3 aromatic carbocycles. The second-order valence-electron chi connectivity index (χ2n) is 6.99. The van der Waals surface area contributed by atoms with Gasteiger partial charge in [0.1, 0.15) is 11.5 Å². The normalized spacial score (nSPS) is 15.9. The predicted molar refractivity (Wildman–Crippen MR) is 109 cm³/mol. The Kier molecular flexibility index (Phi) is 4.83. The van der Waals surface area contributed by atoms with Gasteiger partial charge in [0, 0.05) is 18.2 Å². The van der Waals surface area contributed by atoms with Crippen molar-refractivity contribution in [3.63, 3.8) is 0 Å². The van der Waals surface area contributed by atoms with E-state index < -0.39 is 11.2 Å². The molecule has 32 heavy (non-hydrogen) atoms. The van der Waals surface area contributed by atoms with E-state index in [1.807, 2.05) is 0 Å². The molecule has 0 aliphatic carbocycles. The number of carbonyl (C=O) groups excluding carboxylic acids is 2. The minimum Gasteiger partial charge on any atom is -0.595 e. The summed E-state index contributed by atoms with van der Waals surface area (Å²) < 4.78 is 21.5. The van der Waals surface area contributed by atoms with Crippen molar-refractivity contribution < 1.29 is 39.0 Å². The number of hydrogen-bond acceptors (Lipinski definition) is 8. The third-order valence-electron chi connectivity index (χ3n) is 4.89. The summed E-state index contributed by atoms with van der Waals surface area (Å²) in [7, 11) is 0. The topological polar surface area (TPSA) is 119 Å². The van der Waals surface area contributed by atoms with E-state index in [4.69, 9.17) is 24.2 Å². The van der Waals surface area contributed by atoms with Crippen LogP contribution in [0.1, 0.15) is 26.3 Å². The molecule has 0 bridgehead atoms. The highest BCUT2D eigenvalue weighted by Gasteiger charge is 2.28. The second-order valence-corrected chi connectivity index (χ2v) is 6.99. The third-order valence-corrected chi connectivity index (χ3v) is 4.89. The van der Waals surface area contributed by atoms with Crippen molar-refractivity contribution in [3.8, 4) is 23.0 Å². The highest BCUT2D eigenvalue weighted by Crippen LogP contribution is 2.36. The summed E-state index contributed by atoms with van der Waals surface area (Å²) in [5, 5.41) is 19.2. The zero-order valence-corrected chi connectivity index (χ0v) is 16.4. The average molecular weight is 433 g/mol. The van der Waals surface area contributed by atoms with Gasteiger partial charge in [-0.25, -0.2) is 10.0 Å². The lowest BCUT2D eigenvalue weighted by Gasteiger charge is -2.11. The maximum Gasteiger partial charge on any atom is 0.343 e. The zero-order chi connectivity index (χ0) is 22.2. The van der Waals surface area contributed by atoms with Crippen LogP contribution in [0.15, 0.2) is 66.4 Å². The fraction of sp³-hybridized carbons (Fsp3) is 0.0435. The number of ether oxygens (including phenoxy) is 4. The lowest BCUT2D eigenvalue weighted by Crippen LogP contribution is -2.99. The van der Waals surface area contributed by atoms with Gasteiger partial charge >= 0.3 is 5.97 Å². The van der Waals surface area contributed by atoms with Crippen molar-refractivity contribution >= 4 is 23.5 Å². The molecular formula is C23H15NO8. The fourth-order valence-electron chi connectivity index (χ4n) is 3.33. The van der Waals surface area contributed by atoms with Gasteiger partial charge in [0.25, 0.3) is 0 Å². The highest BCUT2D eigenvalue weighted by atomic mass is 16.8. The highest BCUT2D eigenvalue weighted by molar-refractivity contribution is 6.14. The van der Waals surface area contributed by atoms with Crippen LogP contribution in [0.4, 0.5) is 5.69 Å². The number of allylic oxidation sites excluding steroid dienone is 1. The smallest absolute Gasteiger partial charge is 0.343 e. The number of esters is 1. The van der Waals surface area contributed by atoms with Crippen molar-refractivity contribution in [2.75, 3.05) is 6.79 Å². The molecular weight excluding hydrogens is 418 g/mol. The SMILES string of the molecule is O=C(Oc1ccc2c(c1)OC(=Cc1cccc([NH+]([O-])O)c1)C2=O)c1ccc2c(c1)OCO2. The Labute approximate surface area is 181 Å². The lowest BCUT2D eigenvalue weighted by atomic mass is 10.1. The van der Waals surface area contributed by atoms with Crippen LogP contribution in [0.3, 0.4) is 0 Å². The number of fused-ring (bicyclic) bond motifs is 2. The number of carbonyl (C=O) groups is 2. The molecule has 0 aromatic heterocycles. The predicted octanol–water partition coefficient (Wildman–Crippen LogP) is 2.65. The van der Waals surface area contributed by atoms with Crippen molar-refractivity contribution in [2.45, 2.75) is 0 Å². The summed E-state index contributed by atoms with van der Waals surface area (Å²) in [6, 6.07) is 15.3. The van der Waals surface area contributed by atoms with Gasteiger partial charge in [-0.2, -0.15) is 5.23 Å². The van der Waals surface area contributed by atoms with Gasteiger partial charge < -0.3 is 24.2 Å². The van der Waals surface area contributed by atoms with E-state index in [0.29, 0.717) is 22.6 Å². The summed E-state index contributed by atoms with van der Waals surface area (Å²) in [6.07, 6.45) is 1.47. The van der Waals surface area contributed by atoms with Crippen LogP contribution in [-0.2, 0) is 0 Å². The quantitative estimate of drug-likeness (QED) is 0.279. The number of rotatable bonds is 4.